The monoisotopic (exact) mass is 768 g/mol. The topological polar surface area (TPSA) is 112 Å². The summed E-state index contributed by atoms with van der Waals surface area (Å²) in [5.74, 6) is -2.10. The Labute approximate surface area is 310 Å². The third-order valence-corrected chi connectivity index (χ3v) is 13.6. The molecule has 3 saturated heterocycles. The zero-order chi connectivity index (χ0) is 35.7. The molecule has 3 aliphatic heterocycles. The third-order valence-electron chi connectivity index (χ3n) is 10.4. The summed E-state index contributed by atoms with van der Waals surface area (Å²) in [5.41, 5.74) is 3.39. The molecule has 10 nitrogen and oxygen atoms in total. The van der Waals surface area contributed by atoms with Crippen LogP contribution in [0.5, 0.6) is 0 Å². The number of para-hydroxylation sites is 1. The molecule has 0 aliphatic carbocycles. The maximum atomic E-state index is 15.2. The normalized spacial score (nSPS) is 25.5. The van der Waals surface area contributed by atoms with E-state index in [0.29, 0.717) is 31.4 Å². The van der Waals surface area contributed by atoms with Crippen LogP contribution in [0.25, 0.3) is 11.0 Å². The maximum absolute atomic E-state index is 15.2. The van der Waals surface area contributed by atoms with Crippen LogP contribution in [-0.2, 0) is 34.0 Å². The summed E-state index contributed by atoms with van der Waals surface area (Å²) in [5, 5.41) is 19.4. The van der Waals surface area contributed by atoms with Gasteiger partial charge < -0.3 is 19.8 Å². The molecule has 3 aromatic carbocycles. The van der Waals surface area contributed by atoms with Crippen molar-refractivity contribution in [2.45, 2.75) is 53.0 Å². The van der Waals surface area contributed by atoms with Crippen molar-refractivity contribution in [1.82, 2.24) is 29.7 Å². The minimum absolute atomic E-state index is 0.0888. The van der Waals surface area contributed by atoms with Crippen LogP contribution in [0, 0.1) is 11.8 Å². The fourth-order valence-electron chi connectivity index (χ4n) is 8.29. The van der Waals surface area contributed by atoms with Crippen molar-refractivity contribution in [3.63, 3.8) is 0 Å². The lowest BCUT2D eigenvalue weighted by atomic mass is 9.70. The number of benzene rings is 3. The van der Waals surface area contributed by atoms with Crippen LogP contribution in [-0.4, -0.2) is 99.1 Å². The van der Waals surface area contributed by atoms with Crippen LogP contribution in [0.4, 0.5) is 0 Å². The second-order valence-corrected chi connectivity index (χ2v) is 16.2. The molecule has 7 atom stereocenters. The number of rotatable bonds is 14. The van der Waals surface area contributed by atoms with Crippen LogP contribution in [0.15, 0.2) is 110 Å². The van der Waals surface area contributed by atoms with E-state index in [1.807, 2.05) is 84.9 Å². The van der Waals surface area contributed by atoms with Crippen LogP contribution in [0.3, 0.4) is 0 Å². The minimum atomic E-state index is -0.944. The van der Waals surface area contributed by atoms with Gasteiger partial charge in [-0.3, -0.25) is 14.4 Å². The SMILES string of the molecule is C=CCN(Cn1nnc2ccccc21)C(=O)C1N([C@@H](CO)Cc2ccccc2)C(=O)[C@@H]2[C@H](C(=O)N(CC=C)Cc3ccccc3)[C@H]3SC12CC3Br. The lowest BCUT2D eigenvalue weighted by Crippen LogP contribution is -2.58. The molecule has 7 rings (SSSR count). The molecule has 4 heterocycles. The Bertz CT molecular complexity index is 1930. The van der Waals surface area contributed by atoms with E-state index in [9.17, 15) is 9.90 Å². The Morgan fingerprint density at radius 3 is 2.29 bits per heavy atom. The van der Waals surface area contributed by atoms with E-state index in [1.54, 1.807) is 43.3 Å². The average Bonchev–Trinajstić information content (AvgIpc) is 3.87. The fourth-order valence-corrected chi connectivity index (χ4v) is 11.9. The first kappa shape index (κ1) is 35.2. The highest BCUT2D eigenvalue weighted by Gasteiger charge is 2.76. The van der Waals surface area contributed by atoms with Gasteiger partial charge in [0, 0.05) is 29.7 Å². The Morgan fingerprint density at radius 1 is 0.961 bits per heavy atom. The average molecular weight is 770 g/mol. The second kappa shape index (κ2) is 14.8. The number of halogens is 1. The highest BCUT2D eigenvalue weighted by Crippen LogP contribution is 2.68. The van der Waals surface area contributed by atoms with E-state index in [0.717, 1.165) is 16.6 Å². The van der Waals surface area contributed by atoms with Gasteiger partial charge in [-0.2, -0.15) is 0 Å². The van der Waals surface area contributed by atoms with Crippen LogP contribution in [0.1, 0.15) is 17.5 Å². The van der Waals surface area contributed by atoms with E-state index in [4.69, 9.17) is 0 Å². The molecule has 1 N–H and O–H groups in total. The Morgan fingerprint density at radius 2 is 1.61 bits per heavy atom. The number of thioether (sulfide) groups is 1. The predicted octanol–water partition coefficient (Wildman–Crippen LogP) is 4.69. The molecule has 2 bridgehead atoms. The summed E-state index contributed by atoms with van der Waals surface area (Å²) in [6.45, 7) is 8.50. The van der Waals surface area contributed by atoms with Crippen molar-refractivity contribution >= 4 is 56.4 Å². The zero-order valence-corrected chi connectivity index (χ0v) is 30.6. The van der Waals surface area contributed by atoms with Gasteiger partial charge in [0.1, 0.15) is 18.2 Å². The van der Waals surface area contributed by atoms with Gasteiger partial charge in [-0.25, -0.2) is 4.68 Å². The molecule has 264 valence electrons. The third kappa shape index (κ3) is 6.31. The minimum Gasteiger partial charge on any atom is -0.394 e. The summed E-state index contributed by atoms with van der Waals surface area (Å²) < 4.78 is 0.768. The highest BCUT2D eigenvalue weighted by molar-refractivity contribution is 9.09. The van der Waals surface area contributed by atoms with Crippen molar-refractivity contribution in [3.05, 3.63) is 121 Å². The van der Waals surface area contributed by atoms with Gasteiger partial charge in [0.05, 0.1) is 34.7 Å². The van der Waals surface area contributed by atoms with Crippen molar-refractivity contribution in [2.75, 3.05) is 19.7 Å². The number of hydrogen-bond donors (Lipinski definition) is 1. The first-order valence-electron chi connectivity index (χ1n) is 17.2. The number of carbonyl (C=O) groups is 3. The molecule has 0 saturated carbocycles. The number of amides is 3. The van der Waals surface area contributed by atoms with E-state index >= 15 is 9.59 Å². The Balaban J connectivity index is 1.30. The van der Waals surface area contributed by atoms with Crippen molar-refractivity contribution in [3.8, 4) is 0 Å². The number of carbonyl (C=O) groups excluding carboxylic acids is 3. The summed E-state index contributed by atoms with van der Waals surface area (Å²) in [7, 11) is 0. The molecular formula is C39H41BrN6O4S. The quantitative estimate of drug-likeness (QED) is 0.147. The number of alkyl halides is 1. The number of aliphatic hydroxyl groups excluding tert-OH is 1. The van der Waals surface area contributed by atoms with Crippen LogP contribution < -0.4 is 0 Å². The summed E-state index contributed by atoms with van der Waals surface area (Å²) in [6, 6.07) is 25.4. The van der Waals surface area contributed by atoms with E-state index in [-0.39, 0.29) is 47.6 Å². The lowest BCUT2D eigenvalue weighted by Gasteiger charge is -2.40. The molecule has 3 unspecified atom stereocenters. The summed E-state index contributed by atoms with van der Waals surface area (Å²) in [6.07, 6.45) is 4.25. The molecule has 3 aliphatic rings. The molecule has 12 heteroatoms. The number of hydrogen-bond acceptors (Lipinski definition) is 7. The Hall–Kier alpha value is -4.26. The maximum Gasteiger partial charge on any atom is 0.248 e. The van der Waals surface area contributed by atoms with E-state index in [1.165, 1.54) is 0 Å². The van der Waals surface area contributed by atoms with Crippen molar-refractivity contribution < 1.29 is 19.5 Å². The predicted molar refractivity (Wildman–Crippen MR) is 202 cm³/mol. The summed E-state index contributed by atoms with van der Waals surface area (Å²) in [4.78, 5) is 50.0. The number of fused-ring (bicyclic) bond motifs is 2. The molecular weight excluding hydrogens is 728 g/mol. The molecule has 0 radical (unpaired) electrons. The first-order valence-corrected chi connectivity index (χ1v) is 19.0. The standard InChI is InChI=1S/C39H41BrN6O4S/c1-3-19-43(23-27-15-9-6-10-16-27)36(48)32-33-37(49)46(28(24-47)21-26-13-7-5-8-14-26)35(39(33)22-29(40)34(32)51-39)38(50)44(20-4-2)25-45-31-18-12-11-17-30(31)41-42-45/h3-18,28-29,32-35,47H,1-2,19-25H2/t28-,29?,32+,33+,34+,35?,39?/m1/s1. The van der Waals surface area contributed by atoms with Gasteiger partial charge in [-0.1, -0.05) is 106 Å². The number of likely N-dealkylation sites (tertiary alicyclic amines) is 1. The van der Waals surface area contributed by atoms with Gasteiger partial charge in [-0.05, 0) is 36.1 Å². The van der Waals surface area contributed by atoms with Crippen molar-refractivity contribution in [1.29, 1.82) is 0 Å². The molecule has 3 amide bonds. The molecule has 3 fully saturated rings. The van der Waals surface area contributed by atoms with Gasteiger partial charge in [-0.15, -0.1) is 30.0 Å². The van der Waals surface area contributed by atoms with Crippen molar-refractivity contribution in [2.24, 2.45) is 11.8 Å². The van der Waals surface area contributed by atoms with Crippen LogP contribution >= 0.6 is 27.7 Å². The van der Waals surface area contributed by atoms with Crippen LogP contribution in [0.2, 0.25) is 0 Å². The zero-order valence-electron chi connectivity index (χ0n) is 28.2. The van der Waals surface area contributed by atoms with Gasteiger partial charge in [0.15, 0.2) is 0 Å². The second-order valence-electron chi connectivity index (χ2n) is 13.5. The Kier molecular flexibility index (Phi) is 10.2. The fraction of sp³-hybridized carbons (Fsp3) is 0.359. The van der Waals surface area contributed by atoms with Gasteiger partial charge >= 0.3 is 0 Å². The summed E-state index contributed by atoms with van der Waals surface area (Å²) >= 11 is 5.49. The van der Waals surface area contributed by atoms with E-state index < -0.39 is 28.7 Å². The highest BCUT2D eigenvalue weighted by atomic mass is 79.9. The lowest BCUT2D eigenvalue weighted by molar-refractivity contribution is -0.147. The number of aromatic nitrogens is 3. The smallest absolute Gasteiger partial charge is 0.248 e. The first-order chi connectivity index (χ1) is 24.8. The molecule has 1 spiro atoms. The van der Waals surface area contributed by atoms with E-state index in [2.05, 4.69) is 39.4 Å². The molecule has 4 aromatic rings. The number of aliphatic hydroxyl groups is 1. The molecule has 1 aromatic heterocycles. The van der Waals surface area contributed by atoms with Gasteiger partial charge in [0.25, 0.3) is 0 Å². The largest absolute Gasteiger partial charge is 0.394 e. The van der Waals surface area contributed by atoms with Gasteiger partial charge in [0.2, 0.25) is 17.7 Å². The number of nitrogens with zero attached hydrogens (tertiary/aromatic N) is 6. The molecule has 51 heavy (non-hydrogen) atoms.